The molecule has 3 rings (SSSR count). The number of rotatable bonds is 7. The summed E-state index contributed by atoms with van der Waals surface area (Å²) < 4.78 is 33.8. The Hall–Kier alpha value is -2.63. The molecule has 1 atom stereocenters. The van der Waals surface area contributed by atoms with E-state index in [9.17, 15) is 8.42 Å². The molecule has 26 heavy (non-hydrogen) atoms. The van der Waals surface area contributed by atoms with Crippen molar-refractivity contribution in [3.8, 4) is 5.75 Å². The zero-order valence-electron chi connectivity index (χ0n) is 14.5. The number of ether oxygens (including phenoxy) is 1. The second-order valence-electron chi connectivity index (χ2n) is 6.00. The second-order valence-corrected chi connectivity index (χ2v) is 7.76. The van der Waals surface area contributed by atoms with Gasteiger partial charge < -0.3 is 4.74 Å². The number of benzene rings is 3. The van der Waals surface area contributed by atoms with Gasteiger partial charge in [0.2, 0.25) is 10.0 Å². The Kier molecular flexibility index (Phi) is 5.71. The Bertz CT molecular complexity index is 924. The summed E-state index contributed by atoms with van der Waals surface area (Å²) in [5.41, 5.74) is 1.92. The predicted molar refractivity (Wildman–Crippen MR) is 103 cm³/mol. The molecule has 3 aromatic carbocycles. The summed E-state index contributed by atoms with van der Waals surface area (Å²) in [7, 11) is -3.60. The van der Waals surface area contributed by atoms with Crippen molar-refractivity contribution in [2.75, 3.05) is 6.54 Å². The van der Waals surface area contributed by atoms with Gasteiger partial charge in [-0.15, -0.1) is 0 Å². The molecule has 0 aliphatic heterocycles. The molecule has 134 valence electrons. The zero-order chi connectivity index (χ0) is 18.4. The van der Waals surface area contributed by atoms with Crippen molar-refractivity contribution in [1.29, 1.82) is 0 Å². The molecule has 0 saturated carbocycles. The fraction of sp³-hybridized carbons (Fsp3) is 0.143. The molecule has 0 aliphatic rings. The molecule has 0 heterocycles. The highest BCUT2D eigenvalue weighted by molar-refractivity contribution is 7.89. The molecule has 0 unspecified atom stereocenters. The standard InChI is InChI=1S/C21H21NO3S/c1-17-12-14-20(15-13-17)26(23,24)22-16-21(18-8-4-2-5-9-18)25-19-10-6-3-7-11-19/h2-15,21-22H,16H2,1H3/t21-/m0/s1. The van der Waals surface area contributed by atoms with Crippen molar-refractivity contribution in [1.82, 2.24) is 4.72 Å². The highest BCUT2D eigenvalue weighted by Gasteiger charge is 2.19. The first-order valence-corrected chi connectivity index (χ1v) is 9.86. The van der Waals surface area contributed by atoms with E-state index in [1.165, 1.54) is 0 Å². The second kappa shape index (κ2) is 8.17. The fourth-order valence-corrected chi connectivity index (χ4v) is 3.58. The summed E-state index contributed by atoms with van der Waals surface area (Å²) >= 11 is 0. The van der Waals surface area contributed by atoms with Crippen LogP contribution in [0.15, 0.2) is 89.8 Å². The van der Waals surface area contributed by atoms with Crippen LogP contribution in [-0.2, 0) is 10.0 Å². The van der Waals surface area contributed by atoms with E-state index in [1.807, 2.05) is 67.6 Å². The monoisotopic (exact) mass is 367 g/mol. The Labute approximate surface area is 154 Å². The van der Waals surface area contributed by atoms with Gasteiger partial charge in [0.25, 0.3) is 0 Å². The summed E-state index contributed by atoms with van der Waals surface area (Å²) in [5, 5.41) is 0. The number of sulfonamides is 1. The molecular weight excluding hydrogens is 346 g/mol. The fourth-order valence-electron chi connectivity index (χ4n) is 2.54. The SMILES string of the molecule is Cc1ccc(S(=O)(=O)NC[C@H](Oc2ccccc2)c2ccccc2)cc1. The number of hydrogen-bond donors (Lipinski definition) is 1. The van der Waals surface area contributed by atoms with Crippen LogP contribution >= 0.6 is 0 Å². The molecule has 0 saturated heterocycles. The lowest BCUT2D eigenvalue weighted by Crippen LogP contribution is -2.30. The van der Waals surface area contributed by atoms with E-state index >= 15 is 0 Å². The van der Waals surface area contributed by atoms with Crippen LogP contribution in [-0.4, -0.2) is 15.0 Å². The molecule has 0 fully saturated rings. The quantitative estimate of drug-likeness (QED) is 0.684. The Morgan fingerprint density at radius 1 is 0.846 bits per heavy atom. The predicted octanol–water partition coefficient (Wildman–Crippen LogP) is 4.09. The van der Waals surface area contributed by atoms with Crippen LogP contribution < -0.4 is 9.46 Å². The van der Waals surface area contributed by atoms with E-state index < -0.39 is 16.1 Å². The van der Waals surface area contributed by atoms with E-state index in [0.29, 0.717) is 5.75 Å². The third-order valence-electron chi connectivity index (χ3n) is 3.98. The molecule has 0 aliphatic carbocycles. The molecule has 0 spiro atoms. The van der Waals surface area contributed by atoms with Crippen LogP contribution in [0.2, 0.25) is 0 Å². The molecule has 0 bridgehead atoms. The van der Waals surface area contributed by atoms with Crippen molar-refractivity contribution in [3.05, 3.63) is 96.1 Å². The van der Waals surface area contributed by atoms with Gasteiger partial charge in [0.05, 0.1) is 11.4 Å². The van der Waals surface area contributed by atoms with Gasteiger partial charge >= 0.3 is 0 Å². The summed E-state index contributed by atoms with van der Waals surface area (Å²) in [5.74, 6) is 0.691. The molecule has 0 radical (unpaired) electrons. The first kappa shape index (κ1) is 18.2. The highest BCUT2D eigenvalue weighted by Crippen LogP contribution is 2.22. The lowest BCUT2D eigenvalue weighted by atomic mass is 10.1. The van der Waals surface area contributed by atoms with Crippen LogP contribution in [0.25, 0.3) is 0 Å². The van der Waals surface area contributed by atoms with Crippen molar-refractivity contribution >= 4 is 10.0 Å². The maximum absolute atomic E-state index is 12.6. The van der Waals surface area contributed by atoms with Gasteiger partial charge in [-0.25, -0.2) is 13.1 Å². The van der Waals surface area contributed by atoms with E-state index in [0.717, 1.165) is 11.1 Å². The van der Waals surface area contributed by atoms with Crippen LogP contribution in [0, 0.1) is 6.92 Å². The third kappa shape index (κ3) is 4.71. The average molecular weight is 367 g/mol. The van der Waals surface area contributed by atoms with Gasteiger partial charge in [-0.1, -0.05) is 66.2 Å². The number of aryl methyl sites for hydroxylation is 1. The molecule has 1 N–H and O–H groups in total. The number of hydrogen-bond acceptors (Lipinski definition) is 3. The Balaban J connectivity index is 1.78. The van der Waals surface area contributed by atoms with Gasteiger partial charge in [-0.05, 0) is 36.8 Å². The molecule has 0 amide bonds. The van der Waals surface area contributed by atoms with Gasteiger partial charge in [-0.3, -0.25) is 0 Å². The van der Waals surface area contributed by atoms with Crippen molar-refractivity contribution in [2.24, 2.45) is 0 Å². The minimum atomic E-state index is -3.60. The summed E-state index contributed by atoms with van der Waals surface area (Å²) in [6.45, 7) is 2.05. The van der Waals surface area contributed by atoms with Crippen LogP contribution in [0.1, 0.15) is 17.2 Å². The van der Waals surface area contributed by atoms with E-state index in [-0.39, 0.29) is 11.4 Å². The Morgan fingerprint density at radius 2 is 1.42 bits per heavy atom. The van der Waals surface area contributed by atoms with Gasteiger partial charge in [-0.2, -0.15) is 0 Å². The molecular formula is C21H21NO3S. The molecule has 4 nitrogen and oxygen atoms in total. The smallest absolute Gasteiger partial charge is 0.240 e. The highest BCUT2D eigenvalue weighted by atomic mass is 32.2. The summed E-state index contributed by atoms with van der Waals surface area (Å²) in [4.78, 5) is 0.245. The first-order valence-electron chi connectivity index (χ1n) is 8.37. The lowest BCUT2D eigenvalue weighted by Gasteiger charge is -2.20. The topological polar surface area (TPSA) is 55.4 Å². The van der Waals surface area contributed by atoms with E-state index in [1.54, 1.807) is 24.3 Å². The Morgan fingerprint density at radius 3 is 2.04 bits per heavy atom. The molecule has 3 aromatic rings. The van der Waals surface area contributed by atoms with Gasteiger partial charge in [0.1, 0.15) is 11.9 Å². The lowest BCUT2D eigenvalue weighted by molar-refractivity contribution is 0.209. The molecule has 0 aromatic heterocycles. The minimum absolute atomic E-state index is 0.134. The summed E-state index contributed by atoms with van der Waals surface area (Å²) in [6.07, 6.45) is -0.432. The number of para-hydroxylation sites is 1. The zero-order valence-corrected chi connectivity index (χ0v) is 15.3. The molecule has 5 heteroatoms. The van der Waals surface area contributed by atoms with Crippen LogP contribution in [0.3, 0.4) is 0 Å². The number of nitrogens with one attached hydrogen (secondary N) is 1. The maximum atomic E-state index is 12.6. The maximum Gasteiger partial charge on any atom is 0.240 e. The largest absolute Gasteiger partial charge is 0.484 e. The van der Waals surface area contributed by atoms with Crippen molar-refractivity contribution in [3.63, 3.8) is 0 Å². The summed E-state index contributed by atoms with van der Waals surface area (Å²) in [6, 6.07) is 25.7. The van der Waals surface area contributed by atoms with E-state index in [2.05, 4.69) is 4.72 Å². The minimum Gasteiger partial charge on any atom is -0.484 e. The normalized spacial score (nSPS) is 12.5. The first-order chi connectivity index (χ1) is 12.5. The van der Waals surface area contributed by atoms with Crippen LogP contribution in [0.4, 0.5) is 0 Å². The average Bonchev–Trinajstić information content (AvgIpc) is 2.67. The van der Waals surface area contributed by atoms with Crippen molar-refractivity contribution in [2.45, 2.75) is 17.9 Å². The van der Waals surface area contributed by atoms with Crippen molar-refractivity contribution < 1.29 is 13.2 Å². The van der Waals surface area contributed by atoms with Crippen LogP contribution in [0.5, 0.6) is 5.75 Å². The van der Waals surface area contributed by atoms with Gasteiger partial charge in [0.15, 0.2) is 0 Å². The van der Waals surface area contributed by atoms with E-state index in [4.69, 9.17) is 4.74 Å². The third-order valence-corrected chi connectivity index (χ3v) is 5.42. The van der Waals surface area contributed by atoms with Gasteiger partial charge in [0, 0.05) is 0 Å².